The van der Waals surface area contributed by atoms with Crippen molar-refractivity contribution < 1.29 is 18.3 Å². The fourth-order valence-electron chi connectivity index (χ4n) is 4.03. The summed E-state index contributed by atoms with van der Waals surface area (Å²) in [6.07, 6.45) is 4.26. The molecular weight excluding hydrogens is 290 g/mol. The Balaban J connectivity index is 2.10. The van der Waals surface area contributed by atoms with Gasteiger partial charge in [-0.05, 0) is 52.9 Å². The predicted octanol–water partition coefficient (Wildman–Crippen LogP) is 1.76. The SMILES string of the molecule is CC1(C)CC(O)(CC2CCCN(S(C)(=O)=O)C2)C(C)(C)O1. The highest BCUT2D eigenvalue weighted by Gasteiger charge is 2.56. The Morgan fingerprint density at radius 2 is 1.90 bits per heavy atom. The standard InChI is InChI=1S/C15H29NO4S/c1-13(2)11-15(17,14(3,4)20-13)9-12-7-6-8-16(10-12)21(5,18)19/h12,17H,6-11H2,1-5H3. The Bertz CT molecular complexity index is 500. The van der Waals surface area contributed by atoms with E-state index in [4.69, 9.17) is 4.74 Å². The molecule has 0 aromatic heterocycles. The molecule has 0 radical (unpaired) electrons. The van der Waals surface area contributed by atoms with Crippen LogP contribution < -0.4 is 0 Å². The summed E-state index contributed by atoms with van der Waals surface area (Å²) < 4.78 is 31.0. The van der Waals surface area contributed by atoms with Crippen molar-refractivity contribution in [2.45, 2.75) is 70.2 Å². The van der Waals surface area contributed by atoms with Crippen LogP contribution >= 0.6 is 0 Å². The number of aliphatic hydroxyl groups is 1. The molecule has 124 valence electrons. The summed E-state index contributed by atoms with van der Waals surface area (Å²) in [6, 6.07) is 0. The molecule has 0 aromatic rings. The van der Waals surface area contributed by atoms with Gasteiger partial charge in [-0.25, -0.2) is 12.7 Å². The molecule has 0 bridgehead atoms. The van der Waals surface area contributed by atoms with Crippen molar-refractivity contribution in [3.05, 3.63) is 0 Å². The van der Waals surface area contributed by atoms with Crippen molar-refractivity contribution in [2.24, 2.45) is 5.92 Å². The number of hydrogen-bond donors (Lipinski definition) is 1. The molecule has 2 fully saturated rings. The van der Waals surface area contributed by atoms with Gasteiger partial charge in [-0.15, -0.1) is 0 Å². The highest BCUT2D eigenvalue weighted by molar-refractivity contribution is 7.88. The number of piperidine rings is 1. The Morgan fingerprint density at radius 3 is 2.38 bits per heavy atom. The van der Waals surface area contributed by atoms with Gasteiger partial charge in [-0.3, -0.25) is 0 Å². The molecule has 2 aliphatic heterocycles. The van der Waals surface area contributed by atoms with Crippen LogP contribution in [0.15, 0.2) is 0 Å². The molecule has 21 heavy (non-hydrogen) atoms. The first-order valence-electron chi connectivity index (χ1n) is 7.72. The summed E-state index contributed by atoms with van der Waals surface area (Å²) in [4.78, 5) is 0. The lowest BCUT2D eigenvalue weighted by molar-refractivity contribution is -0.134. The van der Waals surface area contributed by atoms with Crippen molar-refractivity contribution in [2.75, 3.05) is 19.3 Å². The molecule has 0 aliphatic carbocycles. The first-order chi connectivity index (χ1) is 9.35. The third-order valence-electron chi connectivity index (χ3n) is 4.95. The van der Waals surface area contributed by atoms with Crippen LogP contribution in [-0.4, -0.2) is 54.0 Å². The Hall–Kier alpha value is -0.170. The summed E-state index contributed by atoms with van der Waals surface area (Å²) in [5.41, 5.74) is -1.85. The average molecular weight is 319 g/mol. The largest absolute Gasteiger partial charge is 0.387 e. The summed E-state index contributed by atoms with van der Waals surface area (Å²) in [7, 11) is -3.14. The van der Waals surface area contributed by atoms with Crippen molar-refractivity contribution in [3.63, 3.8) is 0 Å². The van der Waals surface area contributed by atoms with Crippen LogP contribution in [0.2, 0.25) is 0 Å². The minimum Gasteiger partial charge on any atom is -0.387 e. The van der Waals surface area contributed by atoms with Gasteiger partial charge in [0, 0.05) is 19.5 Å². The van der Waals surface area contributed by atoms with Gasteiger partial charge < -0.3 is 9.84 Å². The zero-order valence-corrected chi connectivity index (χ0v) is 14.7. The quantitative estimate of drug-likeness (QED) is 0.861. The predicted molar refractivity (Wildman–Crippen MR) is 82.6 cm³/mol. The van der Waals surface area contributed by atoms with Gasteiger partial charge >= 0.3 is 0 Å². The molecule has 0 saturated carbocycles. The number of sulfonamides is 1. The maximum atomic E-state index is 11.7. The summed E-state index contributed by atoms with van der Waals surface area (Å²) in [5, 5.41) is 11.1. The zero-order chi connectivity index (χ0) is 16.1. The Labute approximate surface area is 128 Å². The summed E-state index contributed by atoms with van der Waals surface area (Å²) in [6.45, 7) is 8.96. The lowest BCUT2D eigenvalue weighted by Gasteiger charge is -2.40. The van der Waals surface area contributed by atoms with Crippen LogP contribution in [0.3, 0.4) is 0 Å². The van der Waals surface area contributed by atoms with E-state index in [9.17, 15) is 13.5 Å². The van der Waals surface area contributed by atoms with E-state index < -0.39 is 21.2 Å². The first kappa shape index (κ1) is 17.2. The van der Waals surface area contributed by atoms with E-state index in [1.165, 1.54) is 6.26 Å². The average Bonchev–Trinajstić information content (AvgIpc) is 2.41. The van der Waals surface area contributed by atoms with E-state index in [1.807, 2.05) is 27.7 Å². The third-order valence-corrected chi connectivity index (χ3v) is 6.22. The molecular formula is C15H29NO4S. The van der Waals surface area contributed by atoms with Gasteiger partial charge in [-0.2, -0.15) is 0 Å². The molecule has 2 saturated heterocycles. The van der Waals surface area contributed by atoms with Crippen LogP contribution in [-0.2, 0) is 14.8 Å². The van der Waals surface area contributed by atoms with Crippen molar-refractivity contribution in [1.82, 2.24) is 4.31 Å². The number of nitrogens with zero attached hydrogens (tertiary/aromatic N) is 1. The number of rotatable bonds is 3. The smallest absolute Gasteiger partial charge is 0.211 e. The zero-order valence-electron chi connectivity index (χ0n) is 13.8. The molecule has 5 nitrogen and oxygen atoms in total. The second kappa shape index (κ2) is 5.18. The Kier molecular flexibility index (Phi) is 4.24. The minimum absolute atomic E-state index is 0.190. The molecule has 2 aliphatic rings. The van der Waals surface area contributed by atoms with Gasteiger partial charge in [0.05, 0.1) is 23.1 Å². The molecule has 2 unspecified atom stereocenters. The van der Waals surface area contributed by atoms with Crippen LogP contribution in [0.4, 0.5) is 0 Å². The fraction of sp³-hybridized carbons (Fsp3) is 1.00. The second-order valence-electron chi connectivity index (χ2n) is 7.91. The second-order valence-corrected chi connectivity index (χ2v) is 9.90. The normalized spacial score (nSPS) is 36.8. The summed E-state index contributed by atoms with van der Waals surface area (Å²) >= 11 is 0. The van der Waals surface area contributed by atoms with E-state index in [0.29, 0.717) is 25.9 Å². The Morgan fingerprint density at radius 1 is 1.29 bits per heavy atom. The van der Waals surface area contributed by atoms with Crippen molar-refractivity contribution in [3.8, 4) is 0 Å². The van der Waals surface area contributed by atoms with E-state index >= 15 is 0 Å². The fourth-order valence-corrected chi connectivity index (χ4v) is 4.97. The van der Waals surface area contributed by atoms with Crippen molar-refractivity contribution >= 4 is 10.0 Å². The molecule has 0 spiro atoms. The first-order valence-corrected chi connectivity index (χ1v) is 9.57. The van der Waals surface area contributed by atoms with Crippen LogP contribution in [0, 0.1) is 5.92 Å². The maximum Gasteiger partial charge on any atom is 0.211 e. The molecule has 2 atom stereocenters. The molecule has 6 heteroatoms. The topological polar surface area (TPSA) is 66.8 Å². The molecule has 2 rings (SSSR count). The lowest BCUT2D eigenvalue weighted by atomic mass is 9.75. The van der Waals surface area contributed by atoms with Gasteiger partial charge in [0.15, 0.2) is 0 Å². The number of ether oxygens (including phenoxy) is 1. The van der Waals surface area contributed by atoms with Crippen LogP contribution in [0.25, 0.3) is 0 Å². The minimum atomic E-state index is -3.14. The number of hydrogen-bond acceptors (Lipinski definition) is 4. The van der Waals surface area contributed by atoms with Gasteiger partial charge in [-0.1, -0.05) is 0 Å². The van der Waals surface area contributed by atoms with Gasteiger partial charge in [0.25, 0.3) is 0 Å². The monoisotopic (exact) mass is 319 g/mol. The molecule has 0 aromatic carbocycles. The van der Waals surface area contributed by atoms with Crippen molar-refractivity contribution in [1.29, 1.82) is 0 Å². The molecule has 0 amide bonds. The van der Waals surface area contributed by atoms with E-state index in [2.05, 4.69) is 0 Å². The lowest BCUT2D eigenvalue weighted by Crippen LogP contribution is -2.50. The van der Waals surface area contributed by atoms with Gasteiger partial charge in [0.1, 0.15) is 0 Å². The van der Waals surface area contributed by atoms with E-state index in [1.54, 1.807) is 4.31 Å². The highest BCUT2D eigenvalue weighted by Crippen LogP contribution is 2.48. The molecule has 2 heterocycles. The van der Waals surface area contributed by atoms with Gasteiger partial charge in [0.2, 0.25) is 10.0 Å². The van der Waals surface area contributed by atoms with Crippen LogP contribution in [0.5, 0.6) is 0 Å². The van der Waals surface area contributed by atoms with Crippen LogP contribution in [0.1, 0.15) is 53.4 Å². The molecule has 1 N–H and O–H groups in total. The van der Waals surface area contributed by atoms with E-state index in [-0.39, 0.29) is 11.5 Å². The highest BCUT2D eigenvalue weighted by atomic mass is 32.2. The van der Waals surface area contributed by atoms with E-state index in [0.717, 1.165) is 12.8 Å². The summed E-state index contributed by atoms with van der Waals surface area (Å²) in [5.74, 6) is 0.190. The third kappa shape index (κ3) is 3.60. The maximum absolute atomic E-state index is 11.7.